The Labute approximate surface area is 139 Å². The summed E-state index contributed by atoms with van der Waals surface area (Å²) in [5, 5.41) is 0.556. The SMILES string of the molecule is CC(C)Oc1ccccc1-n1c(CCl)nc2ccccc2c1=O. The summed E-state index contributed by atoms with van der Waals surface area (Å²) in [6, 6.07) is 14.7. The van der Waals surface area contributed by atoms with Crippen molar-refractivity contribution in [2.24, 2.45) is 0 Å². The molecule has 4 nitrogen and oxygen atoms in total. The van der Waals surface area contributed by atoms with Gasteiger partial charge in [0.2, 0.25) is 0 Å². The first kappa shape index (κ1) is 15.6. The van der Waals surface area contributed by atoms with Gasteiger partial charge in [0.15, 0.2) is 0 Å². The van der Waals surface area contributed by atoms with Gasteiger partial charge in [0.1, 0.15) is 11.6 Å². The van der Waals surface area contributed by atoms with Crippen LogP contribution in [0.3, 0.4) is 0 Å². The maximum atomic E-state index is 13.0. The topological polar surface area (TPSA) is 44.1 Å². The van der Waals surface area contributed by atoms with Gasteiger partial charge in [-0.1, -0.05) is 24.3 Å². The van der Waals surface area contributed by atoms with Crippen molar-refractivity contribution in [3.8, 4) is 11.4 Å². The fourth-order valence-electron chi connectivity index (χ4n) is 2.51. The van der Waals surface area contributed by atoms with Crippen molar-refractivity contribution in [1.82, 2.24) is 9.55 Å². The van der Waals surface area contributed by atoms with Crippen LogP contribution in [-0.4, -0.2) is 15.7 Å². The number of hydrogen-bond acceptors (Lipinski definition) is 3. The standard InChI is InChI=1S/C18H17ClN2O2/c1-12(2)23-16-10-6-5-9-15(16)21-17(11-19)20-14-8-4-3-7-13(14)18(21)22/h3-10,12H,11H2,1-2H3. The molecular weight excluding hydrogens is 312 g/mol. The molecule has 0 aliphatic rings. The Bertz CT molecular complexity index is 903. The summed E-state index contributed by atoms with van der Waals surface area (Å²) in [5.74, 6) is 1.26. The van der Waals surface area contributed by atoms with Gasteiger partial charge < -0.3 is 4.74 Å². The van der Waals surface area contributed by atoms with Crippen molar-refractivity contribution >= 4 is 22.5 Å². The van der Waals surface area contributed by atoms with Crippen molar-refractivity contribution < 1.29 is 4.74 Å². The lowest BCUT2D eigenvalue weighted by Gasteiger charge is -2.17. The van der Waals surface area contributed by atoms with Crippen molar-refractivity contribution in [2.45, 2.75) is 25.8 Å². The number of para-hydroxylation sites is 3. The molecule has 118 valence electrons. The number of alkyl halides is 1. The van der Waals surface area contributed by atoms with E-state index in [1.165, 1.54) is 4.57 Å². The van der Waals surface area contributed by atoms with Crippen LogP contribution in [0, 0.1) is 0 Å². The van der Waals surface area contributed by atoms with E-state index in [1.807, 2.05) is 56.3 Å². The molecule has 0 atom stereocenters. The number of halogens is 1. The van der Waals surface area contributed by atoms with Crippen LogP contribution in [-0.2, 0) is 5.88 Å². The van der Waals surface area contributed by atoms with Gasteiger partial charge in [-0.05, 0) is 38.1 Å². The molecule has 0 N–H and O–H groups in total. The maximum absolute atomic E-state index is 13.0. The summed E-state index contributed by atoms with van der Waals surface area (Å²) < 4.78 is 7.37. The molecule has 1 aromatic heterocycles. The van der Waals surface area contributed by atoms with E-state index in [4.69, 9.17) is 16.3 Å². The van der Waals surface area contributed by atoms with E-state index in [0.29, 0.717) is 28.2 Å². The summed E-state index contributed by atoms with van der Waals surface area (Å²) in [5.41, 5.74) is 1.15. The molecule has 0 bridgehead atoms. The lowest BCUT2D eigenvalue weighted by Crippen LogP contribution is -2.24. The van der Waals surface area contributed by atoms with E-state index in [-0.39, 0.29) is 17.5 Å². The average Bonchev–Trinajstić information content (AvgIpc) is 2.55. The Morgan fingerprint density at radius 3 is 2.57 bits per heavy atom. The van der Waals surface area contributed by atoms with Crippen LogP contribution in [0.1, 0.15) is 19.7 Å². The van der Waals surface area contributed by atoms with Crippen molar-refractivity contribution in [3.63, 3.8) is 0 Å². The Morgan fingerprint density at radius 1 is 1.13 bits per heavy atom. The molecule has 0 spiro atoms. The summed E-state index contributed by atoms with van der Waals surface area (Å²) in [7, 11) is 0. The summed E-state index contributed by atoms with van der Waals surface area (Å²) in [6.07, 6.45) is -0.000260. The Balaban J connectivity index is 2.32. The summed E-state index contributed by atoms with van der Waals surface area (Å²) >= 11 is 6.05. The molecule has 23 heavy (non-hydrogen) atoms. The Kier molecular flexibility index (Phi) is 4.35. The number of ether oxygens (including phenoxy) is 1. The smallest absolute Gasteiger partial charge is 0.266 e. The molecule has 0 amide bonds. The van der Waals surface area contributed by atoms with Gasteiger partial charge in [0, 0.05) is 0 Å². The highest BCUT2D eigenvalue weighted by Gasteiger charge is 2.15. The van der Waals surface area contributed by atoms with Gasteiger partial charge >= 0.3 is 0 Å². The highest BCUT2D eigenvalue weighted by Crippen LogP contribution is 2.24. The number of aromatic nitrogens is 2. The molecule has 3 aromatic rings. The minimum atomic E-state index is -0.147. The summed E-state index contributed by atoms with van der Waals surface area (Å²) in [6.45, 7) is 3.89. The molecule has 0 saturated heterocycles. The Hall–Kier alpha value is -2.33. The van der Waals surface area contributed by atoms with Crippen LogP contribution in [0.25, 0.3) is 16.6 Å². The Morgan fingerprint density at radius 2 is 1.83 bits per heavy atom. The minimum Gasteiger partial charge on any atom is -0.489 e. The molecule has 5 heteroatoms. The quantitative estimate of drug-likeness (QED) is 0.682. The van der Waals surface area contributed by atoms with Gasteiger partial charge in [-0.3, -0.25) is 9.36 Å². The van der Waals surface area contributed by atoms with Gasteiger partial charge in [-0.25, -0.2) is 4.98 Å². The van der Waals surface area contributed by atoms with Gasteiger partial charge in [-0.15, -0.1) is 11.6 Å². The predicted octanol–water partition coefficient (Wildman–Crippen LogP) is 3.91. The van der Waals surface area contributed by atoms with Gasteiger partial charge in [0.05, 0.1) is 28.6 Å². The van der Waals surface area contributed by atoms with E-state index in [0.717, 1.165) is 0 Å². The molecule has 0 aliphatic carbocycles. The molecule has 0 radical (unpaired) electrons. The van der Waals surface area contributed by atoms with Gasteiger partial charge in [-0.2, -0.15) is 0 Å². The third kappa shape index (κ3) is 2.94. The van der Waals surface area contributed by atoms with E-state index < -0.39 is 0 Å². The molecule has 0 saturated carbocycles. The second-order valence-corrected chi connectivity index (χ2v) is 5.72. The predicted molar refractivity (Wildman–Crippen MR) is 92.7 cm³/mol. The fourth-order valence-corrected chi connectivity index (χ4v) is 2.69. The van der Waals surface area contributed by atoms with Crippen LogP contribution in [0.2, 0.25) is 0 Å². The van der Waals surface area contributed by atoms with Gasteiger partial charge in [0.25, 0.3) is 5.56 Å². The number of nitrogens with zero attached hydrogens (tertiary/aromatic N) is 2. The average molecular weight is 329 g/mol. The van der Waals surface area contributed by atoms with Crippen LogP contribution < -0.4 is 10.3 Å². The molecule has 2 aromatic carbocycles. The monoisotopic (exact) mass is 328 g/mol. The zero-order valence-electron chi connectivity index (χ0n) is 13.0. The largest absolute Gasteiger partial charge is 0.489 e. The van der Waals surface area contributed by atoms with Crippen molar-refractivity contribution in [3.05, 3.63) is 64.7 Å². The zero-order chi connectivity index (χ0) is 16.4. The molecule has 3 rings (SSSR count). The van der Waals surface area contributed by atoms with Crippen molar-refractivity contribution in [2.75, 3.05) is 0 Å². The second kappa shape index (κ2) is 6.42. The van der Waals surface area contributed by atoms with E-state index in [2.05, 4.69) is 4.98 Å². The van der Waals surface area contributed by atoms with Crippen LogP contribution >= 0.6 is 11.6 Å². The second-order valence-electron chi connectivity index (χ2n) is 5.45. The first-order valence-corrected chi connectivity index (χ1v) is 7.98. The molecule has 0 fully saturated rings. The lowest BCUT2D eigenvalue weighted by molar-refractivity contribution is 0.241. The van der Waals surface area contributed by atoms with Crippen LogP contribution in [0.15, 0.2) is 53.3 Å². The zero-order valence-corrected chi connectivity index (χ0v) is 13.7. The van der Waals surface area contributed by atoms with Crippen molar-refractivity contribution in [1.29, 1.82) is 0 Å². The van der Waals surface area contributed by atoms with Crippen LogP contribution in [0.5, 0.6) is 5.75 Å². The highest BCUT2D eigenvalue weighted by atomic mass is 35.5. The number of fused-ring (bicyclic) bond motifs is 1. The third-order valence-corrected chi connectivity index (χ3v) is 3.67. The fraction of sp³-hybridized carbons (Fsp3) is 0.222. The van der Waals surface area contributed by atoms with E-state index >= 15 is 0 Å². The van der Waals surface area contributed by atoms with Crippen LogP contribution in [0.4, 0.5) is 0 Å². The number of benzene rings is 2. The first-order valence-electron chi connectivity index (χ1n) is 7.44. The first-order chi connectivity index (χ1) is 11.1. The normalized spacial score (nSPS) is 11.1. The molecular formula is C18H17ClN2O2. The molecule has 0 unspecified atom stereocenters. The molecule has 1 heterocycles. The third-order valence-electron chi connectivity index (χ3n) is 3.43. The molecule has 0 aliphatic heterocycles. The number of rotatable bonds is 4. The summed E-state index contributed by atoms with van der Waals surface area (Å²) in [4.78, 5) is 17.5. The highest BCUT2D eigenvalue weighted by molar-refractivity contribution is 6.16. The minimum absolute atomic E-state index is 0.000260. The number of hydrogen-bond donors (Lipinski definition) is 0. The lowest BCUT2D eigenvalue weighted by atomic mass is 10.2. The van der Waals surface area contributed by atoms with E-state index in [1.54, 1.807) is 6.07 Å². The maximum Gasteiger partial charge on any atom is 0.266 e. The van der Waals surface area contributed by atoms with E-state index in [9.17, 15) is 4.79 Å².